The summed E-state index contributed by atoms with van der Waals surface area (Å²) in [4.78, 5) is 23.8. The number of aromatic nitrogens is 2. The van der Waals surface area contributed by atoms with Crippen LogP contribution in [-0.4, -0.2) is 40.6 Å². The minimum atomic E-state index is -0.554. The Morgan fingerprint density at radius 3 is 2.76 bits per heavy atom. The standard InChI is InChI=1S/C13H20BrN3O4/c1-8(2)6-9(13(20)21-3)16-10-7-15-17(4-5-18)12(19)11(10)14/h7-9,16,18H,4-6H2,1-3H3. The molecule has 0 fully saturated rings. The van der Waals surface area contributed by atoms with Gasteiger partial charge in [0.1, 0.15) is 10.5 Å². The van der Waals surface area contributed by atoms with Gasteiger partial charge in [-0.25, -0.2) is 9.48 Å². The number of rotatable bonds is 7. The Kier molecular flexibility index (Phi) is 6.83. The highest BCUT2D eigenvalue weighted by Crippen LogP contribution is 2.19. The van der Waals surface area contributed by atoms with Gasteiger partial charge >= 0.3 is 5.97 Å². The number of aliphatic hydroxyl groups excluding tert-OH is 1. The molecule has 8 heteroatoms. The molecule has 1 heterocycles. The Bertz CT molecular complexity index is 545. The Labute approximate surface area is 131 Å². The molecule has 0 amide bonds. The molecular weight excluding hydrogens is 342 g/mol. The van der Waals surface area contributed by atoms with Crippen molar-refractivity contribution in [3.8, 4) is 0 Å². The van der Waals surface area contributed by atoms with Crippen LogP contribution in [0, 0.1) is 5.92 Å². The predicted octanol–water partition coefficient (Wildman–Crippen LogP) is 0.998. The molecule has 0 spiro atoms. The Morgan fingerprint density at radius 2 is 2.24 bits per heavy atom. The highest BCUT2D eigenvalue weighted by molar-refractivity contribution is 9.10. The third-order valence-corrected chi connectivity index (χ3v) is 3.59. The van der Waals surface area contributed by atoms with Gasteiger partial charge in [-0.05, 0) is 28.3 Å². The first kappa shape index (κ1) is 17.6. The molecule has 7 nitrogen and oxygen atoms in total. The van der Waals surface area contributed by atoms with E-state index < -0.39 is 12.0 Å². The van der Waals surface area contributed by atoms with Crippen molar-refractivity contribution in [1.82, 2.24) is 9.78 Å². The summed E-state index contributed by atoms with van der Waals surface area (Å²) in [5.41, 5.74) is 0.0486. The molecule has 1 aromatic heterocycles. The molecule has 0 radical (unpaired) electrons. The lowest BCUT2D eigenvalue weighted by Crippen LogP contribution is -2.34. The van der Waals surface area contributed by atoms with Crippen LogP contribution in [0.4, 0.5) is 5.69 Å². The number of esters is 1. The third kappa shape index (κ3) is 4.82. The molecule has 1 aromatic rings. The van der Waals surface area contributed by atoms with Crippen LogP contribution >= 0.6 is 15.9 Å². The molecule has 0 bridgehead atoms. The van der Waals surface area contributed by atoms with Gasteiger partial charge in [-0.15, -0.1) is 0 Å². The van der Waals surface area contributed by atoms with Crippen LogP contribution in [0.1, 0.15) is 20.3 Å². The summed E-state index contributed by atoms with van der Waals surface area (Å²) in [5, 5.41) is 15.8. The lowest BCUT2D eigenvalue weighted by Gasteiger charge is -2.20. The van der Waals surface area contributed by atoms with E-state index in [2.05, 4.69) is 26.3 Å². The first-order valence-electron chi connectivity index (χ1n) is 6.61. The molecule has 0 saturated heterocycles. The van der Waals surface area contributed by atoms with Gasteiger partial charge in [-0.2, -0.15) is 5.10 Å². The molecule has 21 heavy (non-hydrogen) atoms. The van der Waals surface area contributed by atoms with E-state index in [1.165, 1.54) is 13.3 Å². The topological polar surface area (TPSA) is 93.4 Å². The second kappa shape index (κ2) is 8.14. The van der Waals surface area contributed by atoms with Gasteiger partial charge in [0.05, 0.1) is 32.1 Å². The summed E-state index contributed by atoms with van der Waals surface area (Å²) in [6.45, 7) is 3.92. The van der Waals surface area contributed by atoms with Crippen molar-refractivity contribution in [3.05, 3.63) is 21.0 Å². The number of hydrogen-bond acceptors (Lipinski definition) is 6. The summed E-state index contributed by atoms with van der Waals surface area (Å²) in [6, 6.07) is -0.554. The molecule has 0 aliphatic rings. The van der Waals surface area contributed by atoms with Crippen molar-refractivity contribution in [2.24, 2.45) is 5.92 Å². The number of hydrogen-bond donors (Lipinski definition) is 2. The number of halogens is 1. The van der Waals surface area contributed by atoms with Crippen LogP contribution in [-0.2, 0) is 16.1 Å². The lowest BCUT2D eigenvalue weighted by molar-refractivity contribution is -0.141. The molecule has 2 N–H and O–H groups in total. The SMILES string of the molecule is COC(=O)C(CC(C)C)Nc1cnn(CCO)c(=O)c1Br. The molecule has 1 atom stereocenters. The van der Waals surface area contributed by atoms with E-state index in [-0.39, 0.29) is 29.1 Å². The molecule has 0 saturated carbocycles. The van der Waals surface area contributed by atoms with Gasteiger partial charge in [-0.3, -0.25) is 4.79 Å². The minimum absolute atomic E-state index is 0.115. The number of methoxy groups -OCH3 is 1. The van der Waals surface area contributed by atoms with E-state index in [4.69, 9.17) is 9.84 Å². The number of carbonyl (C=O) groups is 1. The summed E-state index contributed by atoms with van der Waals surface area (Å²) < 4.78 is 6.18. The van der Waals surface area contributed by atoms with Crippen molar-refractivity contribution in [2.45, 2.75) is 32.9 Å². The number of anilines is 1. The Hall–Kier alpha value is -1.41. The molecule has 1 rings (SSSR count). The second-order valence-electron chi connectivity index (χ2n) is 4.97. The summed E-state index contributed by atoms with van der Waals surface area (Å²) in [5.74, 6) is -0.113. The van der Waals surface area contributed by atoms with E-state index in [0.717, 1.165) is 4.68 Å². The van der Waals surface area contributed by atoms with Gasteiger partial charge in [0, 0.05) is 0 Å². The van der Waals surface area contributed by atoms with Gasteiger partial charge in [0.15, 0.2) is 0 Å². The van der Waals surface area contributed by atoms with Crippen molar-refractivity contribution in [2.75, 3.05) is 19.0 Å². The van der Waals surface area contributed by atoms with Crippen LogP contribution in [0.2, 0.25) is 0 Å². The largest absolute Gasteiger partial charge is 0.467 e. The van der Waals surface area contributed by atoms with Crippen molar-refractivity contribution >= 4 is 27.6 Å². The van der Waals surface area contributed by atoms with E-state index in [9.17, 15) is 9.59 Å². The molecule has 118 valence electrons. The maximum Gasteiger partial charge on any atom is 0.328 e. The van der Waals surface area contributed by atoms with Gasteiger partial charge < -0.3 is 15.2 Å². The summed E-state index contributed by atoms with van der Waals surface area (Å²) >= 11 is 3.20. The van der Waals surface area contributed by atoms with E-state index in [0.29, 0.717) is 12.1 Å². The maximum atomic E-state index is 12.0. The molecule has 0 aliphatic carbocycles. The minimum Gasteiger partial charge on any atom is -0.467 e. The molecule has 0 aromatic carbocycles. The number of aliphatic hydroxyl groups is 1. The highest BCUT2D eigenvalue weighted by atomic mass is 79.9. The zero-order chi connectivity index (χ0) is 16.0. The first-order valence-corrected chi connectivity index (χ1v) is 7.40. The first-order chi connectivity index (χ1) is 9.90. The van der Waals surface area contributed by atoms with Gasteiger partial charge in [-0.1, -0.05) is 13.8 Å². The number of carbonyl (C=O) groups excluding carboxylic acids is 1. The molecule has 1 unspecified atom stereocenters. The monoisotopic (exact) mass is 361 g/mol. The lowest BCUT2D eigenvalue weighted by atomic mass is 10.0. The summed E-state index contributed by atoms with van der Waals surface area (Å²) in [6.07, 6.45) is 2.01. The maximum absolute atomic E-state index is 12.0. The van der Waals surface area contributed by atoms with Gasteiger partial charge in [0.25, 0.3) is 5.56 Å². The van der Waals surface area contributed by atoms with Crippen LogP contribution < -0.4 is 10.9 Å². The molecule has 0 aliphatic heterocycles. The average Bonchev–Trinajstić information content (AvgIpc) is 2.44. The van der Waals surface area contributed by atoms with Crippen LogP contribution in [0.15, 0.2) is 15.5 Å². The fraction of sp³-hybridized carbons (Fsp3) is 0.615. The van der Waals surface area contributed by atoms with E-state index >= 15 is 0 Å². The number of nitrogens with one attached hydrogen (secondary N) is 1. The van der Waals surface area contributed by atoms with Gasteiger partial charge in [0.2, 0.25) is 0 Å². The van der Waals surface area contributed by atoms with Crippen molar-refractivity contribution in [3.63, 3.8) is 0 Å². The van der Waals surface area contributed by atoms with Crippen molar-refractivity contribution < 1.29 is 14.6 Å². The van der Waals surface area contributed by atoms with Crippen LogP contribution in [0.3, 0.4) is 0 Å². The van der Waals surface area contributed by atoms with Crippen molar-refractivity contribution in [1.29, 1.82) is 0 Å². The van der Waals surface area contributed by atoms with E-state index in [1.54, 1.807) is 0 Å². The summed E-state index contributed by atoms with van der Waals surface area (Å²) in [7, 11) is 1.32. The average molecular weight is 362 g/mol. The van der Waals surface area contributed by atoms with Crippen LogP contribution in [0.5, 0.6) is 0 Å². The quantitative estimate of drug-likeness (QED) is 0.703. The zero-order valence-electron chi connectivity index (χ0n) is 12.3. The number of nitrogens with zero attached hydrogens (tertiary/aromatic N) is 2. The van der Waals surface area contributed by atoms with E-state index in [1.807, 2.05) is 13.8 Å². The Morgan fingerprint density at radius 1 is 1.57 bits per heavy atom. The second-order valence-corrected chi connectivity index (χ2v) is 5.77. The number of ether oxygens (including phenoxy) is 1. The normalized spacial score (nSPS) is 12.3. The third-order valence-electron chi connectivity index (χ3n) is 2.82. The highest BCUT2D eigenvalue weighted by Gasteiger charge is 2.22. The fourth-order valence-electron chi connectivity index (χ4n) is 1.84. The zero-order valence-corrected chi connectivity index (χ0v) is 13.9. The molecular formula is C13H20BrN3O4. The fourth-order valence-corrected chi connectivity index (χ4v) is 2.26. The smallest absolute Gasteiger partial charge is 0.328 e. The Balaban J connectivity index is 3.01. The predicted molar refractivity (Wildman–Crippen MR) is 82.2 cm³/mol. The van der Waals surface area contributed by atoms with Crippen LogP contribution in [0.25, 0.3) is 0 Å².